The fourth-order valence-electron chi connectivity index (χ4n) is 3.03. The first-order valence-corrected chi connectivity index (χ1v) is 9.71. The molecule has 0 aliphatic rings. The zero-order chi connectivity index (χ0) is 20.8. The summed E-state index contributed by atoms with van der Waals surface area (Å²) in [5.41, 5.74) is 2.56. The molecule has 0 aliphatic carbocycles. The number of methoxy groups -OCH3 is 1. The van der Waals surface area contributed by atoms with E-state index in [0.29, 0.717) is 60.0 Å². The molecule has 29 heavy (non-hydrogen) atoms. The highest BCUT2D eigenvalue weighted by atomic mass is 16.5. The summed E-state index contributed by atoms with van der Waals surface area (Å²) in [4.78, 5) is 24.6. The van der Waals surface area contributed by atoms with Gasteiger partial charge in [-0.15, -0.1) is 6.42 Å². The van der Waals surface area contributed by atoms with Crippen LogP contribution in [0.4, 0.5) is 0 Å². The molecule has 0 atom stereocenters. The van der Waals surface area contributed by atoms with E-state index in [9.17, 15) is 4.79 Å². The van der Waals surface area contributed by atoms with Crippen molar-refractivity contribution >= 4 is 11.0 Å². The van der Waals surface area contributed by atoms with Crippen LogP contribution in [0.2, 0.25) is 0 Å². The number of fused-ring (bicyclic) bond motifs is 1. The highest BCUT2D eigenvalue weighted by molar-refractivity contribution is 5.79. The molecule has 0 spiro atoms. The van der Waals surface area contributed by atoms with Crippen molar-refractivity contribution in [3.05, 3.63) is 33.9 Å². The van der Waals surface area contributed by atoms with Gasteiger partial charge < -0.3 is 14.5 Å². The van der Waals surface area contributed by atoms with Gasteiger partial charge in [-0.25, -0.2) is 9.97 Å². The van der Waals surface area contributed by atoms with Crippen LogP contribution in [0.1, 0.15) is 37.9 Å². The predicted molar refractivity (Wildman–Crippen MR) is 111 cm³/mol. The second kappa shape index (κ2) is 9.34. The topological polar surface area (TPSA) is 94.9 Å². The van der Waals surface area contributed by atoms with Gasteiger partial charge in [-0.2, -0.15) is 5.10 Å². The van der Waals surface area contributed by atoms with Crippen molar-refractivity contribution < 1.29 is 9.47 Å². The molecular formula is C21H25N5O3. The maximum Gasteiger partial charge on any atom is 0.279 e. The van der Waals surface area contributed by atoms with E-state index in [-0.39, 0.29) is 5.56 Å². The molecule has 3 rings (SSSR count). The van der Waals surface area contributed by atoms with Crippen LogP contribution in [0, 0.1) is 12.3 Å². The number of aromatic nitrogens is 5. The number of terminal acetylenes is 1. The summed E-state index contributed by atoms with van der Waals surface area (Å²) < 4.78 is 12.7. The first-order chi connectivity index (χ1) is 14.1. The van der Waals surface area contributed by atoms with E-state index in [1.807, 2.05) is 6.92 Å². The minimum atomic E-state index is -0.318. The van der Waals surface area contributed by atoms with E-state index < -0.39 is 0 Å². The number of nitrogens with one attached hydrogen (secondary N) is 1. The van der Waals surface area contributed by atoms with E-state index in [1.165, 1.54) is 0 Å². The molecule has 0 bridgehead atoms. The van der Waals surface area contributed by atoms with Crippen molar-refractivity contribution in [3.8, 4) is 29.6 Å². The molecule has 3 heterocycles. The van der Waals surface area contributed by atoms with E-state index in [4.69, 9.17) is 20.9 Å². The molecule has 0 unspecified atom stereocenters. The molecule has 0 saturated heterocycles. The first-order valence-electron chi connectivity index (χ1n) is 9.71. The maximum atomic E-state index is 12.8. The van der Waals surface area contributed by atoms with E-state index >= 15 is 0 Å². The summed E-state index contributed by atoms with van der Waals surface area (Å²) in [6.07, 6.45) is 9.68. The number of pyridine rings is 1. The average Bonchev–Trinajstić information content (AvgIpc) is 3.10. The number of hydrogen-bond acceptors (Lipinski definition) is 6. The van der Waals surface area contributed by atoms with Crippen LogP contribution < -0.4 is 10.3 Å². The molecule has 0 aromatic carbocycles. The Balaban J connectivity index is 2.14. The molecule has 0 aliphatic heterocycles. The lowest BCUT2D eigenvalue weighted by atomic mass is 10.2. The highest BCUT2D eigenvalue weighted by Crippen LogP contribution is 2.27. The standard InChI is InChI=1S/C21H25N5O3/c1-5-8-10-29-21-15(12-14(6-2)13-22-21)19-23-17-16(7-3)26(9-11-28-4)25-18(17)20(27)24-19/h2,12-13H,5,7-11H2,1,3-4H3,(H,23,24,27). The smallest absolute Gasteiger partial charge is 0.279 e. The Bertz CT molecular complexity index is 1090. The summed E-state index contributed by atoms with van der Waals surface area (Å²) in [5.74, 6) is 3.32. The monoisotopic (exact) mass is 395 g/mol. The number of unbranched alkanes of at least 4 members (excludes halogenated alkanes) is 1. The average molecular weight is 395 g/mol. The van der Waals surface area contributed by atoms with Gasteiger partial charge >= 0.3 is 0 Å². The summed E-state index contributed by atoms with van der Waals surface area (Å²) in [6.45, 7) is 5.65. The Morgan fingerprint density at radius 1 is 1.28 bits per heavy atom. The van der Waals surface area contributed by atoms with E-state index in [0.717, 1.165) is 18.5 Å². The van der Waals surface area contributed by atoms with Gasteiger partial charge in [0.25, 0.3) is 5.56 Å². The molecule has 0 radical (unpaired) electrons. The Kier molecular flexibility index (Phi) is 6.62. The summed E-state index contributed by atoms with van der Waals surface area (Å²) >= 11 is 0. The van der Waals surface area contributed by atoms with Gasteiger partial charge in [0.15, 0.2) is 5.52 Å². The highest BCUT2D eigenvalue weighted by Gasteiger charge is 2.18. The Morgan fingerprint density at radius 3 is 2.79 bits per heavy atom. The zero-order valence-corrected chi connectivity index (χ0v) is 17.0. The van der Waals surface area contributed by atoms with Crippen LogP contribution >= 0.6 is 0 Å². The van der Waals surface area contributed by atoms with Gasteiger partial charge in [-0.05, 0) is 18.9 Å². The quantitative estimate of drug-likeness (QED) is 0.442. The third-order valence-electron chi connectivity index (χ3n) is 4.55. The summed E-state index contributed by atoms with van der Waals surface area (Å²) in [6, 6.07) is 1.75. The number of aromatic amines is 1. The van der Waals surface area contributed by atoms with Crippen LogP contribution in [0.25, 0.3) is 22.4 Å². The molecule has 0 amide bonds. The molecule has 1 N–H and O–H groups in total. The van der Waals surface area contributed by atoms with Gasteiger partial charge in [-0.3, -0.25) is 9.48 Å². The van der Waals surface area contributed by atoms with Gasteiger partial charge in [0.2, 0.25) is 5.88 Å². The van der Waals surface area contributed by atoms with E-state index in [1.54, 1.807) is 24.1 Å². The van der Waals surface area contributed by atoms with Gasteiger partial charge in [0, 0.05) is 18.9 Å². The van der Waals surface area contributed by atoms with Crippen molar-refractivity contribution in [3.63, 3.8) is 0 Å². The number of aryl methyl sites for hydroxylation is 1. The van der Waals surface area contributed by atoms with Crippen LogP contribution in [-0.2, 0) is 17.7 Å². The molecule has 0 saturated carbocycles. The predicted octanol–water partition coefficient (Wildman–Crippen LogP) is 2.55. The van der Waals surface area contributed by atoms with Crippen molar-refractivity contribution in [1.29, 1.82) is 0 Å². The largest absolute Gasteiger partial charge is 0.477 e. The van der Waals surface area contributed by atoms with Crippen molar-refractivity contribution in [2.24, 2.45) is 0 Å². The fourth-order valence-corrected chi connectivity index (χ4v) is 3.03. The normalized spacial score (nSPS) is 11.0. The lowest BCUT2D eigenvalue weighted by molar-refractivity contribution is 0.183. The minimum Gasteiger partial charge on any atom is -0.477 e. The van der Waals surface area contributed by atoms with Gasteiger partial charge in [0.05, 0.1) is 31.0 Å². The Morgan fingerprint density at radius 2 is 2.10 bits per heavy atom. The van der Waals surface area contributed by atoms with Gasteiger partial charge in [0.1, 0.15) is 11.3 Å². The minimum absolute atomic E-state index is 0.302. The molecule has 8 nitrogen and oxygen atoms in total. The second-order valence-electron chi connectivity index (χ2n) is 6.55. The Hall–Kier alpha value is -3.18. The first kappa shape index (κ1) is 20.6. The number of H-pyrrole nitrogens is 1. The number of nitrogens with zero attached hydrogens (tertiary/aromatic N) is 4. The molecular weight excluding hydrogens is 370 g/mol. The van der Waals surface area contributed by atoms with Crippen molar-refractivity contribution in [2.45, 2.75) is 39.7 Å². The van der Waals surface area contributed by atoms with Crippen LogP contribution in [0.5, 0.6) is 5.88 Å². The molecule has 3 aromatic heterocycles. The second-order valence-corrected chi connectivity index (χ2v) is 6.55. The zero-order valence-electron chi connectivity index (χ0n) is 17.0. The molecule has 0 fully saturated rings. The third-order valence-corrected chi connectivity index (χ3v) is 4.55. The number of hydrogen-bond donors (Lipinski definition) is 1. The third kappa shape index (κ3) is 4.30. The summed E-state index contributed by atoms with van der Waals surface area (Å²) in [7, 11) is 1.63. The molecule has 8 heteroatoms. The SMILES string of the molecule is C#Cc1cnc(OCCCC)c(-c2nc3c(CC)n(CCOC)nc3c(=O)[nH]2)c1. The number of rotatable bonds is 9. The van der Waals surface area contributed by atoms with Crippen LogP contribution in [-0.4, -0.2) is 45.1 Å². The lowest BCUT2D eigenvalue weighted by Crippen LogP contribution is -2.11. The van der Waals surface area contributed by atoms with Gasteiger partial charge in [-0.1, -0.05) is 26.2 Å². The van der Waals surface area contributed by atoms with Crippen molar-refractivity contribution in [1.82, 2.24) is 24.7 Å². The Labute approximate surface area is 169 Å². The maximum absolute atomic E-state index is 12.8. The van der Waals surface area contributed by atoms with E-state index in [2.05, 4.69) is 27.9 Å². The molecule has 3 aromatic rings. The number of ether oxygens (including phenoxy) is 2. The summed E-state index contributed by atoms with van der Waals surface area (Å²) in [5, 5.41) is 4.42. The lowest BCUT2D eigenvalue weighted by Gasteiger charge is -2.10. The fraction of sp³-hybridized carbons (Fsp3) is 0.429. The van der Waals surface area contributed by atoms with Crippen LogP contribution in [0.3, 0.4) is 0 Å². The van der Waals surface area contributed by atoms with Crippen LogP contribution in [0.15, 0.2) is 17.1 Å². The van der Waals surface area contributed by atoms with Crippen molar-refractivity contribution in [2.75, 3.05) is 20.3 Å². The molecule has 152 valence electrons.